The third kappa shape index (κ3) is 5.43. The van der Waals surface area contributed by atoms with Gasteiger partial charge in [0.2, 0.25) is 5.79 Å². The van der Waals surface area contributed by atoms with Crippen LogP contribution in [0.4, 0.5) is 10.5 Å². The van der Waals surface area contributed by atoms with Crippen LogP contribution in [0.1, 0.15) is 70.1 Å². The number of carbonyl (C=O) groups is 1. The molecule has 0 unspecified atom stereocenters. The number of urea groups is 1. The summed E-state index contributed by atoms with van der Waals surface area (Å²) in [5.41, 5.74) is 3.88. The maximum Gasteiger partial charge on any atom is 0.319 e. The molecule has 0 aliphatic carbocycles. The number of nitrogens with one attached hydrogen (secondary N) is 2. The molecule has 31 heavy (non-hydrogen) atoms. The molecular weight excluding hydrogens is 390 g/mol. The van der Waals surface area contributed by atoms with Gasteiger partial charge in [0.15, 0.2) is 0 Å². The first kappa shape index (κ1) is 23.2. The molecule has 0 saturated carbocycles. The monoisotopic (exact) mass is 425 g/mol. The van der Waals surface area contributed by atoms with Crippen LogP contribution in [0.15, 0.2) is 42.7 Å². The Morgan fingerprint density at radius 2 is 1.55 bits per heavy atom. The van der Waals surface area contributed by atoms with Crippen molar-refractivity contribution in [1.29, 1.82) is 0 Å². The van der Waals surface area contributed by atoms with Crippen molar-refractivity contribution in [3.05, 3.63) is 59.4 Å². The fourth-order valence-electron chi connectivity index (χ4n) is 3.73. The lowest BCUT2D eigenvalue weighted by atomic mass is 9.92. The van der Waals surface area contributed by atoms with Gasteiger partial charge in [-0.3, -0.25) is 4.98 Å². The zero-order chi connectivity index (χ0) is 22.6. The van der Waals surface area contributed by atoms with E-state index in [2.05, 4.69) is 75.4 Å². The zero-order valence-electron chi connectivity index (χ0n) is 19.5. The molecule has 1 aromatic heterocycles. The molecule has 0 spiro atoms. The van der Waals surface area contributed by atoms with Gasteiger partial charge in [0.25, 0.3) is 0 Å². The van der Waals surface area contributed by atoms with Gasteiger partial charge in [0.1, 0.15) is 0 Å². The number of rotatable bonds is 6. The summed E-state index contributed by atoms with van der Waals surface area (Å²) in [7, 11) is 0. The van der Waals surface area contributed by atoms with E-state index in [-0.39, 0.29) is 18.0 Å². The van der Waals surface area contributed by atoms with Crippen LogP contribution in [0.25, 0.3) is 0 Å². The van der Waals surface area contributed by atoms with Gasteiger partial charge in [0.05, 0.1) is 19.8 Å². The quantitative estimate of drug-likeness (QED) is 0.652. The van der Waals surface area contributed by atoms with Crippen LogP contribution in [-0.2, 0) is 15.3 Å². The number of hydrogen-bond acceptors (Lipinski definition) is 4. The number of amides is 2. The highest BCUT2D eigenvalue weighted by Crippen LogP contribution is 2.36. The normalized spacial score (nSPS) is 17.5. The molecule has 3 rings (SSSR count). The van der Waals surface area contributed by atoms with Crippen LogP contribution in [0, 0.1) is 5.41 Å². The van der Waals surface area contributed by atoms with Crippen molar-refractivity contribution in [1.82, 2.24) is 10.3 Å². The van der Waals surface area contributed by atoms with Crippen LogP contribution < -0.4 is 10.6 Å². The predicted octanol–water partition coefficient (Wildman–Crippen LogP) is 5.38. The first-order chi connectivity index (χ1) is 14.6. The summed E-state index contributed by atoms with van der Waals surface area (Å²) in [5.74, 6) is -0.442. The van der Waals surface area contributed by atoms with Crippen LogP contribution in [-0.4, -0.2) is 30.8 Å². The van der Waals surface area contributed by atoms with Gasteiger partial charge in [-0.25, -0.2) is 4.79 Å². The van der Waals surface area contributed by atoms with Gasteiger partial charge in [-0.2, -0.15) is 0 Å². The molecule has 2 aromatic rings. The van der Waals surface area contributed by atoms with Crippen molar-refractivity contribution in [2.45, 2.75) is 59.2 Å². The van der Waals surface area contributed by atoms with Crippen LogP contribution in [0.3, 0.4) is 0 Å². The van der Waals surface area contributed by atoms with E-state index in [9.17, 15) is 4.79 Å². The minimum absolute atomic E-state index is 0.0822. The fourth-order valence-corrected chi connectivity index (χ4v) is 3.73. The Bertz CT molecular complexity index is 858. The SMILES string of the molecule is CC(C)c1cccc(C(C)C)c1NC(=O)NCC1(c2ccncc2)OCC(C)(C)CO1. The zero-order valence-corrected chi connectivity index (χ0v) is 19.5. The highest BCUT2D eigenvalue weighted by molar-refractivity contribution is 5.91. The minimum Gasteiger partial charge on any atom is -0.344 e. The second-order valence-electron chi connectivity index (χ2n) is 9.66. The smallest absolute Gasteiger partial charge is 0.319 e. The van der Waals surface area contributed by atoms with E-state index in [4.69, 9.17) is 9.47 Å². The predicted molar refractivity (Wildman–Crippen MR) is 123 cm³/mol. The lowest BCUT2D eigenvalue weighted by Crippen LogP contribution is -2.52. The molecule has 6 nitrogen and oxygen atoms in total. The molecule has 0 radical (unpaired) electrons. The van der Waals surface area contributed by atoms with Gasteiger partial charge < -0.3 is 20.1 Å². The standard InChI is InChI=1S/C25H35N3O3/c1-17(2)20-8-7-9-21(18(3)4)22(20)28-23(29)27-14-25(19-10-12-26-13-11-19)30-15-24(5,6)16-31-25/h7-13,17-18H,14-16H2,1-6H3,(H2,27,28,29). The second kappa shape index (κ2) is 9.37. The van der Waals surface area contributed by atoms with Crippen LogP contribution in [0.2, 0.25) is 0 Å². The Morgan fingerprint density at radius 3 is 2.06 bits per heavy atom. The Balaban J connectivity index is 1.79. The number of aromatic nitrogens is 1. The van der Waals surface area contributed by atoms with Crippen molar-refractivity contribution < 1.29 is 14.3 Å². The van der Waals surface area contributed by atoms with Crippen molar-refractivity contribution in [3.63, 3.8) is 0 Å². The Labute approximate surface area is 185 Å². The average Bonchev–Trinajstić information content (AvgIpc) is 2.74. The van der Waals surface area contributed by atoms with Crippen molar-refractivity contribution in [2.24, 2.45) is 5.41 Å². The molecule has 2 N–H and O–H groups in total. The highest BCUT2D eigenvalue weighted by Gasteiger charge is 2.42. The number of pyridine rings is 1. The molecule has 1 fully saturated rings. The van der Waals surface area contributed by atoms with Gasteiger partial charge in [0, 0.05) is 29.1 Å². The first-order valence-electron chi connectivity index (χ1n) is 11.0. The second-order valence-corrected chi connectivity index (χ2v) is 9.66. The topological polar surface area (TPSA) is 72.5 Å². The first-order valence-corrected chi connectivity index (χ1v) is 11.0. The summed E-state index contributed by atoms with van der Waals surface area (Å²) in [6.45, 7) is 14.0. The average molecular weight is 426 g/mol. The van der Waals surface area contributed by atoms with Gasteiger partial charge in [-0.05, 0) is 35.1 Å². The van der Waals surface area contributed by atoms with E-state index in [1.807, 2.05) is 12.1 Å². The van der Waals surface area contributed by atoms with E-state index in [1.165, 1.54) is 0 Å². The van der Waals surface area contributed by atoms with E-state index >= 15 is 0 Å². The maximum atomic E-state index is 13.0. The summed E-state index contributed by atoms with van der Waals surface area (Å²) in [6.07, 6.45) is 3.41. The molecule has 1 aliphatic heterocycles. The van der Waals surface area contributed by atoms with Gasteiger partial charge >= 0.3 is 6.03 Å². The third-order valence-corrected chi connectivity index (χ3v) is 5.61. The number of nitrogens with zero attached hydrogens (tertiary/aromatic N) is 1. The molecule has 1 aliphatic rings. The maximum absolute atomic E-state index is 13.0. The number of ether oxygens (including phenoxy) is 2. The largest absolute Gasteiger partial charge is 0.344 e. The molecule has 2 amide bonds. The molecule has 1 aromatic carbocycles. The summed E-state index contributed by atoms with van der Waals surface area (Å²) in [5, 5.41) is 6.07. The minimum atomic E-state index is -1.03. The van der Waals surface area contributed by atoms with E-state index in [0.29, 0.717) is 25.0 Å². The Morgan fingerprint density at radius 1 is 1.00 bits per heavy atom. The summed E-state index contributed by atoms with van der Waals surface area (Å²) < 4.78 is 12.4. The van der Waals surface area contributed by atoms with E-state index in [0.717, 1.165) is 22.4 Å². The number of anilines is 1. The molecule has 6 heteroatoms. The molecule has 168 valence electrons. The molecule has 0 atom stereocenters. The summed E-state index contributed by atoms with van der Waals surface area (Å²) in [6, 6.07) is 9.64. The Hall–Kier alpha value is -2.44. The van der Waals surface area contributed by atoms with Gasteiger partial charge in [-0.1, -0.05) is 59.7 Å². The van der Waals surface area contributed by atoms with Gasteiger partial charge in [-0.15, -0.1) is 0 Å². The fraction of sp³-hybridized carbons (Fsp3) is 0.520. The van der Waals surface area contributed by atoms with Crippen molar-refractivity contribution >= 4 is 11.7 Å². The highest BCUT2D eigenvalue weighted by atomic mass is 16.7. The molecular formula is C25H35N3O3. The van der Waals surface area contributed by atoms with Crippen LogP contribution in [0.5, 0.6) is 0 Å². The molecule has 2 heterocycles. The number of carbonyl (C=O) groups excluding carboxylic acids is 1. The molecule has 1 saturated heterocycles. The lowest BCUT2D eigenvalue weighted by Gasteiger charge is -2.43. The lowest BCUT2D eigenvalue weighted by molar-refractivity contribution is -0.303. The number of para-hydroxylation sites is 1. The Kier molecular flexibility index (Phi) is 7.02. The van der Waals surface area contributed by atoms with E-state index < -0.39 is 5.79 Å². The van der Waals surface area contributed by atoms with Crippen LogP contribution >= 0.6 is 0 Å². The van der Waals surface area contributed by atoms with E-state index in [1.54, 1.807) is 12.4 Å². The van der Waals surface area contributed by atoms with Crippen molar-refractivity contribution in [2.75, 3.05) is 25.1 Å². The number of benzene rings is 1. The molecule has 0 bridgehead atoms. The summed E-state index contributed by atoms with van der Waals surface area (Å²) >= 11 is 0. The van der Waals surface area contributed by atoms with Crippen molar-refractivity contribution in [3.8, 4) is 0 Å². The number of hydrogen-bond donors (Lipinski definition) is 2. The third-order valence-electron chi connectivity index (χ3n) is 5.61. The summed E-state index contributed by atoms with van der Waals surface area (Å²) in [4.78, 5) is 17.1.